The van der Waals surface area contributed by atoms with Crippen LogP contribution in [0, 0.1) is 5.92 Å². The number of amides is 1. The molecule has 12 heteroatoms. The number of hydrogen-bond acceptors (Lipinski definition) is 6. The summed E-state index contributed by atoms with van der Waals surface area (Å²) in [5.41, 5.74) is 5.84. The van der Waals surface area contributed by atoms with Crippen molar-refractivity contribution in [2.24, 2.45) is 11.0 Å². The number of halogens is 5. The molecule has 190 valence electrons. The minimum atomic E-state index is -4.55. The molecule has 1 fully saturated rings. The van der Waals surface area contributed by atoms with Crippen LogP contribution in [0.2, 0.25) is 10.0 Å². The van der Waals surface area contributed by atoms with Crippen LogP contribution < -0.4 is 5.43 Å². The summed E-state index contributed by atoms with van der Waals surface area (Å²) in [6, 6.07) is -0.0231. The maximum Gasteiger partial charge on any atom is 0.390 e. The van der Waals surface area contributed by atoms with Gasteiger partial charge in [0.05, 0.1) is 41.1 Å². The molecule has 0 spiro atoms. The summed E-state index contributed by atoms with van der Waals surface area (Å²) < 4.78 is 38.6. The van der Waals surface area contributed by atoms with Gasteiger partial charge in [-0.3, -0.25) is 14.6 Å². The zero-order valence-corrected chi connectivity index (χ0v) is 20.4. The Morgan fingerprint density at radius 1 is 1.37 bits per heavy atom. The minimum absolute atomic E-state index is 0.0231. The normalized spacial score (nSPS) is 19.4. The van der Waals surface area contributed by atoms with Crippen LogP contribution in [-0.4, -0.2) is 58.2 Å². The highest BCUT2D eigenvalue weighted by atomic mass is 35.5. The van der Waals surface area contributed by atoms with Gasteiger partial charge in [0.25, 0.3) is 5.91 Å². The van der Waals surface area contributed by atoms with E-state index in [0.717, 1.165) is 22.9 Å². The number of allylic oxidation sites excluding steroid dienone is 1. The first-order valence-corrected chi connectivity index (χ1v) is 11.4. The first kappa shape index (κ1) is 28.4. The number of rotatable bonds is 9. The number of hydrogen-bond donors (Lipinski definition) is 2. The lowest BCUT2D eigenvalue weighted by Gasteiger charge is -2.28. The average molecular weight is 533 g/mol. The second kappa shape index (κ2) is 12.8. The van der Waals surface area contributed by atoms with E-state index in [0.29, 0.717) is 19.3 Å². The lowest BCUT2D eigenvalue weighted by Crippen LogP contribution is -2.39. The molecule has 1 amide bonds. The molecule has 2 N–H and O–H groups in total. The van der Waals surface area contributed by atoms with E-state index in [-0.39, 0.29) is 33.1 Å². The van der Waals surface area contributed by atoms with Gasteiger partial charge in [-0.25, -0.2) is 0 Å². The summed E-state index contributed by atoms with van der Waals surface area (Å²) >= 11 is 11.9. The SMILES string of the molecule is C=C=C(/C=N\NC1CC/C(=C/O)[C@@H](C)C1)C(=O)N(CCC(F)(F)F)CC(=O)c1c(Cl)cncc1Cl. The van der Waals surface area contributed by atoms with Gasteiger partial charge in [0, 0.05) is 25.0 Å². The predicted molar refractivity (Wildman–Crippen MR) is 128 cm³/mol. The van der Waals surface area contributed by atoms with Crippen molar-refractivity contribution in [1.82, 2.24) is 15.3 Å². The number of aliphatic hydroxyl groups is 1. The van der Waals surface area contributed by atoms with Crippen LogP contribution >= 0.6 is 23.2 Å². The maximum absolute atomic E-state index is 13.0. The van der Waals surface area contributed by atoms with E-state index in [1.165, 1.54) is 12.4 Å². The molecule has 1 saturated carbocycles. The fraction of sp³-hybridized carbons (Fsp3) is 0.435. The first-order chi connectivity index (χ1) is 16.5. The summed E-state index contributed by atoms with van der Waals surface area (Å²) in [5, 5.41) is 13.1. The van der Waals surface area contributed by atoms with E-state index in [1.54, 1.807) is 0 Å². The third-order valence-corrected chi connectivity index (χ3v) is 6.08. The number of carbonyl (C=O) groups excluding carboxylic acids is 2. The lowest BCUT2D eigenvalue weighted by atomic mass is 9.83. The molecule has 1 aliphatic rings. The third kappa shape index (κ3) is 8.42. The number of Topliss-reactive ketones (excluding diaryl/α,β-unsaturated/α-hetero) is 1. The molecule has 1 aromatic rings. The number of nitrogens with zero attached hydrogens (tertiary/aromatic N) is 3. The van der Waals surface area contributed by atoms with Crippen molar-refractivity contribution >= 4 is 41.1 Å². The van der Waals surface area contributed by atoms with Gasteiger partial charge in [0.1, 0.15) is 5.57 Å². The Morgan fingerprint density at radius 2 is 2.03 bits per heavy atom. The Bertz CT molecular complexity index is 1030. The van der Waals surface area contributed by atoms with Crippen molar-refractivity contribution in [2.45, 2.75) is 44.8 Å². The molecule has 0 aliphatic heterocycles. The van der Waals surface area contributed by atoms with Crippen LogP contribution in [0.25, 0.3) is 0 Å². The monoisotopic (exact) mass is 532 g/mol. The summed E-state index contributed by atoms with van der Waals surface area (Å²) in [4.78, 5) is 30.2. The van der Waals surface area contributed by atoms with Crippen molar-refractivity contribution in [3.05, 3.63) is 57.7 Å². The fourth-order valence-electron chi connectivity index (χ4n) is 3.59. The second-order valence-corrected chi connectivity index (χ2v) is 8.86. The molecule has 0 saturated heterocycles. The lowest BCUT2D eigenvalue weighted by molar-refractivity contribution is -0.143. The molecular weight excluding hydrogens is 508 g/mol. The zero-order chi connectivity index (χ0) is 26.2. The molecule has 1 unspecified atom stereocenters. The van der Waals surface area contributed by atoms with Crippen molar-refractivity contribution in [3.8, 4) is 0 Å². The Kier molecular flexibility index (Phi) is 10.4. The predicted octanol–water partition coefficient (Wildman–Crippen LogP) is 5.27. The van der Waals surface area contributed by atoms with Gasteiger partial charge in [0.15, 0.2) is 5.78 Å². The summed E-state index contributed by atoms with van der Waals surface area (Å²) in [7, 11) is 0. The number of aliphatic hydroxyl groups excluding tert-OH is 1. The topological polar surface area (TPSA) is 94.9 Å². The van der Waals surface area contributed by atoms with E-state index in [9.17, 15) is 27.9 Å². The molecule has 2 rings (SSSR count). The van der Waals surface area contributed by atoms with Gasteiger partial charge in [0.2, 0.25) is 0 Å². The molecule has 1 heterocycles. The molecule has 2 atom stereocenters. The smallest absolute Gasteiger partial charge is 0.390 e. The number of pyridine rings is 1. The van der Waals surface area contributed by atoms with Crippen LogP contribution in [0.1, 0.15) is 43.0 Å². The highest BCUT2D eigenvalue weighted by Gasteiger charge is 2.31. The molecule has 35 heavy (non-hydrogen) atoms. The highest BCUT2D eigenvalue weighted by Crippen LogP contribution is 2.29. The van der Waals surface area contributed by atoms with E-state index >= 15 is 0 Å². The molecular formula is C23H25Cl2F3N4O3. The Morgan fingerprint density at radius 3 is 2.57 bits per heavy atom. The van der Waals surface area contributed by atoms with Gasteiger partial charge >= 0.3 is 6.18 Å². The molecule has 7 nitrogen and oxygen atoms in total. The number of alkyl halides is 3. The van der Waals surface area contributed by atoms with Crippen molar-refractivity contribution in [1.29, 1.82) is 0 Å². The standard InChI is InChI=1S/C23H25Cl2F3N4O3/c1-3-15(9-30-31-17-5-4-16(13-33)14(2)8-17)22(35)32(7-6-23(26,27)28)12-20(34)21-18(24)10-29-11-19(21)25/h9-11,13-14,17,31,33H,1,4-8,12H2,2H3/b16-13-,30-9-/t14-,17?/m0/s1. The van der Waals surface area contributed by atoms with Gasteiger partial charge in [-0.2, -0.15) is 18.3 Å². The van der Waals surface area contributed by atoms with Gasteiger partial charge in [-0.05, 0) is 30.8 Å². The Balaban J connectivity index is 2.15. The number of carbonyl (C=O) groups is 2. The maximum atomic E-state index is 13.0. The third-order valence-electron chi connectivity index (χ3n) is 5.51. The molecule has 1 aliphatic carbocycles. The van der Waals surface area contributed by atoms with Crippen LogP contribution in [0.15, 0.2) is 47.2 Å². The molecule has 0 radical (unpaired) electrons. The number of hydrazone groups is 1. The first-order valence-electron chi connectivity index (χ1n) is 10.7. The molecule has 0 aromatic carbocycles. The van der Waals surface area contributed by atoms with E-state index < -0.39 is 37.4 Å². The van der Waals surface area contributed by atoms with E-state index in [2.05, 4.69) is 27.8 Å². The van der Waals surface area contributed by atoms with Gasteiger partial charge < -0.3 is 15.4 Å². The molecule has 0 bridgehead atoms. The largest absolute Gasteiger partial charge is 0.516 e. The zero-order valence-electron chi connectivity index (χ0n) is 18.9. The van der Waals surface area contributed by atoms with Crippen molar-refractivity contribution in [2.75, 3.05) is 13.1 Å². The quantitative estimate of drug-likeness (QED) is 0.113. The van der Waals surface area contributed by atoms with E-state index in [1.807, 2.05) is 6.92 Å². The van der Waals surface area contributed by atoms with Crippen molar-refractivity contribution < 1.29 is 27.9 Å². The molecule has 1 aromatic heterocycles. The van der Waals surface area contributed by atoms with Crippen LogP contribution in [-0.2, 0) is 4.79 Å². The van der Waals surface area contributed by atoms with Gasteiger partial charge in [-0.1, -0.05) is 36.7 Å². The summed E-state index contributed by atoms with van der Waals surface area (Å²) in [6.45, 7) is 3.90. The number of ketones is 1. The minimum Gasteiger partial charge on any atom is -0.516 e. The average Bonchev–Trinajstić information content (AvgIpc) is 2.78. The Hall–Kier alpha value is -2.81. The van der Waals surface area contributed by atoms with Crippen LogP contribution in [0.3, 0.4) is 0 Å². The summed E-state index contributed by atoms with van der Waals surface area (Å²) in [5.74, 6) is -1.51. The number of aromatic nitrogens is 1. The van der Waals surface area contributed by atoms with Crippen LogP contribution in [0.5, 0.6) is 0 Å². The number of nitrogens with one attached hydrogen (secondary N) is 1. The highest BCUT2D eigenvalue weighted by molar-refractivity contribution is 6.39. The van der Waals surface area contributed by atoms with Gasteiger partial charge in [-0.15, -0.1) is 5.73 Å². The Labute approximate surface area is 211 Å². The second-order valence-electron chi connectivity index (χ2n) is 8.05. The summed E-state index contributed by atoms with van der Waals surface area (Å²) in [6.07, 6.45) is 0.758. The fourth-order valence-corrected chi connectivity index (χ4v) is 4.17. The van der Waals surface area contributed by atoms with Crippen molar-refractivity contribution in [3.63, 3.8) is 0 Å². The van der Waals surface area contributed by atoms with E-state index in [4.69, 9.17) is 23.2 Å². The van der Waals surface area contributed by atoms with Crippen LogP contribution in [0.4, 0.5) is 13.2 Å².